The summed E-state index contributed by atoms with van der Waals surface area (Å²) in [5.41, 5.74) is 6.36. The lowest BCUT2D eigenvalue weighted by molar-refractivity contribution is 0.0987. The Balaban J connectivity index is 1.19. The number of benzene rings is 2. The average molecular weight is 802 g/mol. The molecule has 4 aromatic rings. The fourth-order valence-electron chi connectivity index (χ4n) is 7.02. The standard InChI is InChI=1S/C42H50Cl2N6O4Si/c1-42(2,3)55(5,6)54-18-17-49-16-14-30-29(21-45)19-34(47-36(30)24-49)38(52)20-28-9-7-10-31(39(28)43)32-11-8-12-33(40(32)44)35-22-46-37(41(48-35)53-4)25-50-15-13-27(23-50)26-51/h7-12,19,22,27,51H,13-18,20,23-26H2,1-6H3. The van der Waals surface area contributed by atoms with E-state index in [1.165, 1.54) is 0 Å². The lowest BCUT2D eigenvalue weighted by atomic mass is 9.95. The van der Waals surface area contributed by atoms with Gasteiger partial charge < -0.3 is 14.3 Å². The number of hydrogen-bond acceptors (Lipinski definition) is 10. The minimum Gasteiger partial charge on any atom is -0.480 e. The van der Waals surface area contributed by atoms with E-state index < -0.39 is 8.32 Å². The van der Waals surface area contributed by atoms with Crippen LogP contribution in [0.15, 0.2) is 48.7 Å². The fourth-order valence-corrected chi connectivity index (χ4v) is 8.67. The maximum absolute atomic E-state index is 13.8. The number of halogens is 2. The van der Waals surface area contributed by atoms with E-state index in [-0.39, 0.29) is 35.5 Å². The summed E-state index contributed by atoms with van der Waals surface area (Å²) in [5.74, 6) is 0.471. The van der Waals surface area contributed by atoms with Crippen LogP contribution >= 0.6 is 23.2 Å². The predicted molar refractivity (Wildman–Crippen MR) is 219 cm³/mol. The first-order valence-electron chi connectivity index (χ1n) is 18.8. The van der Waals surface area contributed by atoms with Crippen molar-refractivity contribution in [2.45, 2.75) is 71.3 Å². The summed E-state index contributed by atoms with van der Waals surface area (Å²) >= 11 is 14.1. The molecule has 0 amide bonds. The van der Waals surface area contributed by atoms with Gasteiger partial charge in [0.2, 0.25) is 5.88 Å². The van der Waals surface area contributed by atoms with Crippen LogP contribution in [0.3, 0.4) is 0 Å². The number of ether oxygens (including phenoxy) is 1. The van der Waals surface area contributed by atoms with Crippen LogP contribution in [0.5, 0.6) is 5.88 Å². The molecular weight excluding hydrogens is 751 g/mol. The van der Waals surface area contributed by atoms with Gasteiger partial charge in [0, 0.05) is 69.0 Å². The molecule has 1 saturated heterocycles. The first kappa shape index (κ1) is 40.9. The van der Waals surface area contributed by atoms with E-state index in [4.69, 9.17) is 47.3 Å². The molecule has 2 aromatic carbocycles. The monoisotopic (exact) mass is 800 g/mol. The lowest BCUT2D eigenvalue weighted by Gasteiger charge is -2.37. The number of Topliss-reactive ketones (excluding diaryl/α,β-unsaturated/α-hetero) is 1. The van der Waals surface area contributed by atoms with Crippen LogP contribution in [0.2, 0.25) is 28.2 Å². The van der Waals surface area contributed by atoms with Crippen molar-refractivity contribution in [2.24, 2.45) is 5.92 Å². The Bertz CT molecular complexity index is 2100. The second-order valence-corrected chi connectivity index (χ2v) is 21.6. The topological polar surface area (TPSA) is 125 Å². The van der Waals surface area contributed by atoms with Gasteiger partial charge in [-0.15, -0.1) is 0 Å². The number of aromatic nitrogens is 3. The second-order valence-electron chi connectivity index (χ2n) is 16.1. The molecule has 0 aliphatic carbocycles. The summed E-state index contributed by atoms with van der Waals surface area (Å²) in [6.45, 7) is 16.4. The van der Waals surface area contributed by atoms with Gasteiger partial charge in [0.05, 0.1) is 46.4 Å². The Hall–Kier alpha value is -3.73. The Labute approximate surface area is 335 Å². The number of likely N-dealkylation sites (tertiary alicyclic amines) is 1. The molecule has 0 bridgehead atoms. The van der Waals surface area contributed by atoms with Crippen molar-refractivity contribution in [3.8, 4) is 34.3 Å². The number of nitriles is 1. The second kappa shape index (κ2) is 17.2. The van der Waals surface area contributed by atoms with E-state index in [2.05, 4.69) is 49.7 Å². The lowest BCUT2D eigenvalue weighted by Crippen LogP contribution is -2.43. The third kappa shape index (κ3) is 9.13. The van der Waals surface area contributed by atoms with E-state index in [0.29, 0.717) is 75.6 Å². The smallest absolute Gasteiger partial charge is 0.237 e. The summed E-state index contributed by atoms with van der Waals surface area (Å²) < 4.78 is 12.1. The quantitative estimate of drug-likeness (QED) is 0.105. The minimum atomic E-state index is -1.87. The van der Waals surface area contributed by atoms with Crippen molar-refractivity contribution in [1.82, 2.24) is 24.8 Å². The van der Waals surface area contributed by atoms with E-state index in [1.807, 2.05) is 36.4 Å². The van der Waals surface area contributed by atoms with Crippen molar-refractivity contribution in [1.29, 1.82) is 5.26 Å². The van der Waals surface area contributed by atoms with Gasteiger partial charge in [-0.3, -0.25) is 19.6 Å². The van der Waals surface area contributed by atoms with Crippen molar-refractivity contribution < 1.29 is 19.1 Å². The number of rotatable bonds is 13. The maximum Gasteiger partial charge on any atom is 0.237 e. The van der Waals surface area contributed by atoms with Gasteiger partial charge >= 0.3 is 0 Å². The van der Waals surface area contributed by atoms with Gasteiger partial charge in [-0.1, -0.05) is 80.4 Å². The fraction of sp³-hybridized carbons (Fsp3) is 0.452. The van der Waals surface area contributed by atoms with E-state index in [9.17, 15) is 15.2 Å². The highest BCUT2D eigenvalue weighted by molar-refractivity contribution is 6.74. The molecule has 2 aromatic heterocycles. The summed E-state index contributed by atoms with van der Waals surface area (Å²) in [4.78, 5) is 32.7. The zero-order valence-electron chi connectivity index (χ0n) is 32.6. The molecule has 0 radical (unpaired) electrons. The van der Waals surface area contributed by atoms with Crippen LogP contribution in [-0.2, 0) is 30.4 Å². The molecule has 6 rings (SSSR count). The van der Waals surface area contributed by atoms with Gasteiger partial charge in [0.25, 0.3) is 0 Å². The Morgan fingerprint density at radius 3 is 2.47 bits per heavy atom. The SMILES string of the molecule is COc1nc(-c2cccc(-c3cccc(CC(=O)c4cc(C#N)c5c(n4)CN(CCO[Si](C)(C)C(C)(C)C)CC5)c3Cl)c2Cl)cnc1CN1CCC(CO)C1. The van der Waals surface area contributed by atoms with Gasteiger partial charge in [-0.2, -0.15) is 5.26 Å². The Morgan fingerprint density at radius 1 is 1.05 bits per heavy atom. The third-order valence-corrected chi connectivity index (χ3v) is 16.7. The molecule has 13 heteroatoms. The van der Waals surface area contributed by atoms with Crippen molar-refractivity contribution in [2.75, 3.05) is 46.5 Å². The highest BCUT2D eigenvalue weighted by Crippen LogP contribution is 2.41. The number of nitrogens with zero attached hydrogens (tertiary/aromatic N) is 6. The minimum absolute atomic E-state index is 0.00487. The summed E-state index contributed by atoms with van der Waals surface area (Å²) in [6.07, 6.45) is 3.35. The first-order valence-corrected chi connectivity index (χ1v) is 22.5. The molecule has 4 heterocycles. The molecule has 10 nitrogen and oxygen atoms in total. The highest BCUT2D eigenvalue weighted by Gasteiger charge is 2.37. The van der Waals surface area contributed by atoms with Gasteiger partial charge in [-0.25, -0.2) is 9.97 Å². The molecular formula is C42H50Cl2N6O4Si. The van der Waals surface area contributed by atoms with E-state index in [0.717, 1.165) is 49.6 Å². The number of fused-ring (bicyclic) bond motifs is 1. The number of methoxy groups -OCH3 is 1. The van der Waals surface area contributed by atoms with E-state index >= 15 is 0 Å². The van der Waals surface area contributed by atoms with Gasteiger partial charge in [0.15, 0.2) is 14.1 Å². The maximum atomic E-state index is 13.8. The van der Waals surface area contributed by atoms with Gasteiger partial charge in [-0.05, 0) is 60.6 Å². The molecule has 0 saturated carbocycles. The first-order chi connectivity index (χ1) is 26.2. The molecule has 0 spiro atoms. The zero-order chi connectivity index (χ0) is 39.5. The van der Waals surface area contributed by atoms with Crippen LogP contribution in [-0.4, -0.2) is 90.5 Å². The number of pyridine rings is 1. The van der Waals surface area contributed by atoms with Crippen LogP contribution in [0.25, 0.3) is 22.4 Å². The highest BCUT2D eigenvalue weighted by atomic mass is 35.5. The number of carbonyl (C=O) groups is 1. The number of aliphatic hydroxyl groups is 1. The third-order valence-electron chi connectivity index (χ3n) is 11.3. The largest absolute Gasteiger partial charge is 0.480 e. The summed E-state index contributed by atoms with van der Waals surface area (Å²) in [7, 11) is -0.293. The van der Waals surface area contributed by atoms with Crippen molar-refractivity contribution in [3.05, 3.63) is 92.5 Å². The van der Waals surface area contributed by atoms with Crippen molar-refractivity contribution in [3.63, 3.8) is 0 Å². The molecule has 1 N–H and O–H groups in total. The number of aliphatic hydroxyl groups excluding tert-OH is 1. The van der Waals surface area contributed by atoms with Gasteiger partial charge in [0.1, 0.15) is 11.4 Å². The van der Waals surface area contributed by atoms with E-state index in [1.54, 1.807) is 19.4 Å². The summed E-state index contributed by atoms with van der Waals surface area (Å²) in [6, 6.07) is 15.1. The molecule has 55 heavy (non-hydrogen) atoms. The number of hydrogen-bond donors (Lipinski definition) is 1. The molecule has 1 fully saturated rings. The molecule has 1 unspecified atom stereocenters. The molecule has 290 valence electrons. The average Bonchev–Trinajstić information content (AvgIpc) is 3.62. The molecule has 1 atom stereocenters. The van der Waals surface area contributed by atoms with Crippen LogP contribution in [0.1, 0.15) is 65.8 Å². The van der Waals surface area contributed by atoms with Crippen LogP contribution in [0.4, 0.5) is 0 Å². The van der Waals surface area contributed by atoms with Crippen LogP contribution in [0, 0.1) is 17.2 Å². The molecule has 2 aliphatic heterocycles. The zero-order valence-corrected chi connectivity index (χ0v) is 35.1. The molecule has 2 aliphatic rings. The number of ketones is 1. The van der Waals surface area contributed by atoms with Crippen LogP contribution < -0.4 is 4.74 Å². The predicted octanol–water partition coefficient (Wildman–Crippen LogP) is 8.01. The number of carbonyl (C=O) groups excluding carboxylic acids is 1. The Kier molecular flexibility index (Phi) is 12.8. The van der Waals surface area contributed by atoms with Crippen molar-refractivity contribution >= 4 is 37.3 Å². The summed E-state index contributed by atoms with van der Waals surface area (Å²) in [5, 5.41) is 20.6. The normalized spacial score (nSPS) is 16.5. The Morgan fingerprint density at radius 2 is 1.78 bits per heavy atom.